The maximum atomic E-state index is 15.4. The second-order valence-electron chi connectivity index (χ2n) is 21.9. The van der Waals surface area contributed by atoms with Crippen LogP contribution in [0.3, 0.4) is 0 Å². The molecule has 0 amide bonds. The number of fused-ring (bicyclic) bond motifs is 7. The van der Waals surface area contributed by atoms with Gasteiger partial charge >= 0.3 is 47.8 Å². The van der Waals surface area contributed by atoms with Crippen molar-refractivity contribution < 1.29 is 81.0 Å². The molecule has 0 spiro atoms. The summed E-state index contributed by atoms with van der Waals surface area (Å²) in [5.74, 6) is -4.67. The Balaban J connectivity index is 1.38. The van der Waals surface area contributed by atoms with E-state index in [0.29, 0.717) is 25.7 Å². The van der Waals surface area contributed by atoms with Gasteiger partial charge in [0.05, 0.1) is 5.41 Å². The molecular weight excluding hydrogens is 873 g/mol. The third-order valence-corrected chi connectivity index (χ3v) is 18.1. The second kappa shape index (κ2) is 19.3. The summed E-state index contributed by atoms with van der Waals surface area (Å²) in [6.07, 6.45) is -2.87. The number of rotatable bonds is 11. The van der Waals surface area contributed by atoms with Crippen LogP contribution in [-0.2, 0) is 81.0 Å². The van der Waals surface area contributed by atoms with Gasteiger partial charge in [-0.15, -0.1) is 0 Å². The standard InChI is InChI=1S/C50H74O17/c1-25-16-19-50(45(58)67-44-42(64-32(8)56)41(63-31(7)55)40(62-30(6)54)36(66-44)23-59-27(3)51)21-20-48(12)34(39(50)26(25)2)14-15-38-46(10)22-35(61-29(5)53)43(65-33(9)57)47(11,24-60-28(4)52)37(46)17-18-49(38,48)13/h25-26,34-44H,14-24H2,1-13H3/t25-,26+,34-,35?,36-,37-,38-,39+,40-,41+,42-,43?,44?,46+,47?,48-,49-,50+/m1/s1. The molecule has 0 radical (unpaired) electrons. The average Bonchev–Trinajstić information content (AvgIpc) is 3.20. The van der Waals surface area contributed by atoms with E-state index in [1.54, 1.807) is 0 Å². The summed E-state index contributed by atoms with van der Waals surface area (Å²) in [6.45, 7) is 21.7. The first-order valence-electron chi connectivity index (χ1n) is 24.1. The number of ether oxygens (including phenoxy) is 9. The van der Waals surface area contributed by atoms with Crippen LogP contribution >= 0.6 is 0 Å². The van der Waals surface area contributed by atoms with E-state index < -0.39 is 114 Å². The lowest BCUT2D eigenvalue weighted by Gasteiger charge is -2.74. The molecule has 5 saturated carbocycles. The Morgan fingerprint density at radius 3 is 1.72 bits per heavy atom. The van der Waals surface area contributed by atoms with E-state index in [-0.39, 0.29) is 52.9 Å². The van der Waals surface area contributed by atoms with Crippen molar-refractivity contribution in [2.24, 2.45) is 62.6 Å². The van der Waals surface area contributed by atoms with Crippen molar-refractivity contribution >= 4 is 47.8 Å². The Morgan fingerprint density at radius 2 is 1.13 bits per heavy atom. The van der Waals surface area contributed by atoms with Crippen molar-refractivity contribution in [3.63, 3.8) is 0 Å². The molecule has 376 valence electrons. The molecule has 6 rings (SSSR count). The van der Waals surface area contributed by atoms with Crippen molar-refractivity contribution in [3.8, 4) is 0 Å². The van der Waals surface area contributed by atoms with Crippen molar-refractivity contribution in [1.82, 2.24) is 0 Å². The normalized spacial score (nSPS) is 43.1. The zero-order chi connectivity index (χ0) is 49.8. The van der Waals surface area contributed by atoms with E-state index in [9.17, 15) is 33.6 Å². The van der Waals surface area contributed by atoms with Crippen LogP contribution in [0.25, 0.3) is 0 Å². The van der Waals surface area contributed by atoms with Gasteiger partial charge in [0.25, 0.3) is 0 Å². The molecule has 1 aliphatic heterocycles. The number of carbonyl (C=O) groups excluding carboxylic acids is 8. The third-order valence-electron chi connectivity index (χ3n) is 18.1. The van der Waals surface area contributed by atoms with E-state index in [0.717, 1.165) is 52.9 Å². The maximum Gasteiger partial charge on any atom is 0.314 e. The summed E-state index contributed by atoms with van der Waals surface area (Å²) in [4.78, 5) is 103. The molecule has 5 aliphatic carbocycles. The summed E-state index contributed by atoms with van der Waals surface area (Å²) < 4.78 is 52.8. The zero-order valence-electron chi connectivity index (χ0n) is 41.7. The molecule has 67 heavy (non-hydrogen) atoms. The molecule has 17 nitrogen and oxygen atoms in total. The first-order valence-corrected chi connectivity index (χ1v) is 24.1. The molecule has 0 N–H and O–H groups in total. The predicted molar refractivity (Wildman–Crippen MR) is 234 cm³/mol. The Kier molecular flexibility index (Phi) is 15.0. The fourth-order valence-corrected chi connectivity index (χ4v) is 15.2. The van der Waals surface area contributed by atoms with Crippen LogP contribution in [-0.4, -0.2) is 104 Å². The Labute approximate surface area is 394 Å². The lowest BCUT2D eigenvalue weighted by atomic mass is 9.31. The van der Waals surface area contributed by atoms with E-state index in [1.165, 1.54) is 27.7 Å². The molecule has 0 bridgehead atoms. The van der Waals surface area contributed by atoms with Gasteiger partial charge in [-0.3, -0.25) is 38.4 Å². The van der Waals surface area contributed by atoms with E-state index in [4.69, 9.17) is 42.6 Å². The first kappa shape index (κ1) is 52.1. The largest absolute Gasteiger partial charge is 0.465 e. The van der Waals surface area contributed by atoms with E-state index in [2.05, 4.69) is 34.6 Å². The van der Waals surface area contributed by atoms with Crippen LogP contribution in [0.2, 0.25) is 0 Å². The summed E-state index contributed by atoms with van der Waals surface area (Å²) in [5.41, 5.74) is -2.86. The van der Waals surface area contributed by atoms with Crippen LogP contribution in [0.4, 0.5) is 0 Å². The molecule has 6 fully saturated rings. The molecule has 0 aromatic carbocycles. The Hall–Kier alpha value is -4.28. The topological polar surface area (TPSA) is 220 Å². The lowest BCUT2D eigenvalue weighted by molar-refractivity contribution is -0.308. The number of hydrogen-bond acceptors (Lipinski definition) is 17. The minimum Gasteiger partial charge on any atom is -0.465 e. The SMILES string of the molecule is CC(=O)OC[C@H]1OC(OC(=O)[C@]23CC[C@@H](C)[C@H](C)[C@H]2[C@H]2CC[C@@H]4[C@@]5(C)CC(OC(C)=O)C(OC(C)=O)C(C)(COC(C)=O)[C@@H]5CC[C@@]4(C)[C@]2(C)CC3)[C@H](OC(C)=O)[C@@H](OC(C)=O)[C@@H]1OC(C)=O. The summed E-state index contributed by atoms with van der Waals surface area (Å²) >= 11 is 0. The highest BCUT2D eigenvalue weighted by Crippen LogP contribution is 2.77. The van der Waals surface area contributed by atoms with Gasteiger partial charge in [0.15, 0.2) is 12.2 Å². The molecule has 6 aliphatic rings. The van der Waals surface area contributed by atoms with Gasteiger partial charge in [-0.2, -0.15) is 0 Å². The van der Waals surface area contributed by atoms with Gasteiger partial charge in [-0.05, 0) is 110 Å². The van der Waals surface area contributed by atoms with Crippen molar-refractivity contribution in [2.75, 3.05) is 13.2 Å². The second-order valence-corrected chi connectivity index (χ2v) is 21.9. The minimum absolute atomic E-state index is 0.0106. The highest BCUT2D eigenvalue weighted by atomic mass is 16.7. The van der Waals surface area contributed by atoms with Gasteiger partial charge in [-0.25, -0.2) is 0 Å². The number of carbonyl (C=O) groups is 8. The summed E-state index contributed by atoms with van der Waals surface area (Å²) in [6, 6.07) is 0. The van der Waals surface area contributed by atoms with Crippen molar-refractivity contribution in [3.05, 3.63) is 0 Å². The first-order chi connectivity index (χ1) is 31.1. The predicted octanol–water partition coefficient (Wildman–Crippen LogP) is 6.37. The van der Waals surface area contributed by atoms with Gasteiger partial charge < -0.3 is 42.6 Å². The quantitative estimate of drug-likeness (QED) is 0.162. The highest BCUT2D eigenvalue weighted by Gasteiger charge is 2.74. The average molecular weight is 947 g/mol. The minimum atomic E-state index is -1.64. The van der Waals surface area contributed by atoms with E-state index >= 15 is 4.79 Å². The molecule has 0 aromatic heterocycles. The smallest absolute Gasteiger partial charge is 0.314 e. The van der Waals surface area contributed by atoms with Gasteiger partial charge in [0.2, 0.25) is 12.4 Å². The maximum absolute atomic E-state index is 15.4. The Bertz CT molecular complexity index is 1970. The van der Waals surface area contributed by atoms with Crippen LogP contribution in [0.15, 0.2) is 0 Å². The van der Waals surface area contributed by atoms with Crippen molar-refractivity contribution in [1.29, 1.82) is 0 Å². The van der Waals surface area contributed by atoms with Crippen LogP contribution in [0.1, 0.15) is 148 Å². The molecule has 1 saturated heterocycles. The zero-order valence-corrected chi connectivity index (χ0v) is 41.7. The monoisotopic (exact) mass is 946 g/mol. The molecular formula is C50H74O17. The van der Waals surface area contributed by atoms with Gasteiger partial charge in [0.1, 0.15) is 31.5 Å². The molecule has 17 heteroatoms. The van der Waals surface area contributed by atoms with Gasteiger partial charge in [0, 0.05) is 53.9 Å². The fourth-order valence-electron chi connectivity index (χ4n) is 15.2. The third kappa shape index (κ3) is 9.44. The fraction of sp³-hybridized carbons (Fsp3) is 0.840. The molecule has 4 unspecified atom stereocenters. The molecule has 0 aromatic rings. The van der Waals surface area contributed by atoms with Crippen molar-refractivity contribution in [2.45, 2.75) is 191 Å². The summed E-state index contributed by atoms with van der Waals surface area (Å²) in [5, 5.41) is 0. The van der Waals surface area contributed by atoms with Crippen LogP contribution in [0, 0.1) is 62.6 Å². The van der Waals surface area contributed by atoms with Crippen LogP contribution in [0.5, 0.6) is 0 Å². The molecule has 18 atom stereocenters. The summed E-state index contributed by atoms with van der Waals surface area (Å²) in [7, 11) is 0. The van der Waals surface area contributed by atoms with Gasteiger partial charge in [-0.1, -0.05) is 41.5 Å². The number of esters is 8. The Morgan fingerprint density at radius 1 is 0.552 bits per heavy atom. The lowest BCUT2D eigenvalue weighted by Crippen LogP contribution is -2.71. The highest BCUT2D eigenvalue weighted by molar-refractivity contribution is 5.78. The van der Waals surface area contributed by atoms with E-state index in [1.807, 2.05) is 6.92 Å². The van der Waals surface area contributed by atoms with Crippen LogP contribution < -0.4 is 0 Å². The number of hydrogen-bond donors (Lipinski definition) is 0. The molecule has 1 heterocycles.